The molecule has 0 spiro atoms. The third-order valence-electron chi connectivity index (χ3n) is 3.60. The fourth-order valence-corrected chi connectivity index (χ4v) is 2.45. The largest absolute Gasteiger partial charge is 0.465 e. The highest BCUT2D eigenvalue weighted by Crippen LogP contribution is 2.14. The molecule has 0 N–H and O–H groups in total. The first kappa shape index (κ1) is 19.0. The molecule has 0 aromatic carbocycles. The SMILES string of the molecule is COC(=O)c1ccc(=O)n(C[C@@H]2CN(C(=O)OC(C)(C)C)CCO2)c1. The number of amides is 1. The van der Waals surface area contributed by atoms with Crippen molar-refractivity contribution in [2.75, 3.05) is 26.8 Å². The Hall–Kier alpha value is -2.35. The van der Waals surface area contributed by atoms with Crippen molar-refractivity contribution in [2.45, 2.75) is 39.0 Å². The fourth-order valence-electron chi connectivity index (χ4n) is 2.45. The van der Waals surface area contributed by atoms with E-state index in [4.69, 9.17) is 9.47 Å². The van der Waals surface area contributed by atoms with Gasteiger partial charge in [0.1, 0.15) is 5.60 Å². The second-order valence-corrected chi connectivity index (χ2v) is 6.82. The van der Waals surface area contributed by atoms with E-state index in [1.807, 2.05) is 0 Å². The quantitative estimate of drug-likeness (QED) is 0.762. The predicted molar refractivity (Wildman–Crippen MR) is 89.6 cm³/mol. The van der Waals surface area contributed by atoms with Crippen LogP contribution in [-0.2, 0) is 20.8 Å². The minimum atomic E-state index is -0.573. The molecule has 8 heteroatoms. The van der Waals surface area contributed by atoms with E-state index in [0.29, 0.717) is 19.7 Å². The van der Waals surface area contributed by atoms with Crippen LogP contribution in [0.5, 0.6) is 0 Å². The zero-order valence-electron chi connectivity index (χ0n) is 15.0. The lowest BCUT2D eigenvalue weighted by Gasteiger charge is -2.34. The number of carbonyl (C=O) groups excluding carboxylic acids is 2. The number of ether oxygens (including phenoxy) is 3. The van der Waals surface area contributed by atoms with Crippen molar-refractivity contribution in [3.05, 3.63) is 34.2 Å². The summed E-state index contributed by atoms with van der Waals surface area (Å²) in [4.78, 5) is 37.4. The zero-order chi connectivity index (χ0) is 18.6. The van der Waals surface area contributed by atoms with Crippen molar-refractivity contribution < 1.29 is 23.8 Å². The summed E-state index contributed by atoms with van der Waals surface area (Å²) in [6.45, 7) is 6.74. The average Bonchev–Trinajstić information content (AvgIpc) is 2.55. The average molecular weight is 352 g/mol. The molecule has 1 aliphatic rings. The van der Waals surface area contributed by atoms with Gasteiger partial charge < -0.3 is 23.7 Å². The molecule has 1 atom stereocenters. The summed E-state index contributed by atoms with van der Waals surface area (Å²) >= 11 is 0. The molecular formula is C17H24N2O6. The molecule has 1 aromatic heterocycles. The molecule has 0 radical (unpaired) electrons. The Morgan fingerprint density at radius 1 is 1.32 bits per heavy atom. The number of hydrogen-bond acceptors (Lipinski definition) is 6. The summed E-state index contributed by atoms with van der Waals surface area (Å²) < 4.78 is 17.1. The third kappa shape index (κ3) is 5.32. The van der Waals surface area contributed by atoms with Crippen LogP contribution in [0.25, 0.3) is 0 Å². The van der Waals surface area contributed by atoms with Crippen LogP contribution in [0.3, 0.4) is 0 Å². The van der Waals surface area contributed by atoms with E-state index in [1.54, 1.807) is 25.7 Å². The molecule has 0 unspecified atom stereocenters. The van der Waals surface area contributed by atoms with Gasteiger partial charge in [-0.15, -0.1) is 0 Å². The Kier molecular flexibility index (Phi) is 5.84. The van der Waals surface area contributed by atoms with Gasteiger partial charge in [-0.1, -0.05) is 0 Å². The topological polar surface area (TPSA) is 87.1 Å². The molecule has 8 nitrogen and oxygen atoms in total. The predicted octanol–water partition coefficient (Wildman–Crippen LogP) is 1.27. The van der Waals surface area contributed by atoms with E-state index in [1.165, 1.54) is 30.0 Å². The highest BCUT2D eigenvalue weighted by Gasteiger charge is 2.28. The van der Waals surface area contributed by atoms with Crippen molar-refractivity contribution in [3.8, 4) is 0 Å². The summed E-state index contributed by atoms with van der Waals surface area (Å²) in [5.74, 6) is -0.520. The van der Waals surface area contributed by atoms with Gasteiger partial charge in [0.15, 0.2) is 0 Å². The summed E-state index contributed by atoms with van der Waals surface area (Å²) in [5.41, 5.74) is -0.552. The minimum Gasteiger partial charge on any atom is -0.465 e. The molecule has 0 bridgehead atoms. The van der Waals surface area contributed by atoms with Crippen LogP contribution in [-0.4, -0.2) is 60.0 Å². The smallest absolute Gasteiger partial charge is 0.410 e. The Morgan fingerprint density at radius 3 is 2.68 bits per heavy atom. The van der Waals surface area contributed by atoms with E-state index in [2.05, 4.69) is 4.74 Å². The van der Waals surface area contributed by atoms with Crippen molar-refractivity contribution in [2.24, 2.45) is 0 Å². The lowest BCUT2D eigenvalue weighted by atomic mass is 10.2. The molecule has 0 aliphatic carbocycles. The monoisotopic (exact) mass is 352 g/mol. The molecular weight excluding hydrogens is 328 g/mol. The van der Waals surface area contributed by atoms with Crippen LogP contribution in [0.1, 0.15) is 31.1 Å². The highest BCUT2D eigenvalue weighted by atomic mass is 16.6. The molecule has 2 rings (SSSR count). The van der Waals surface area contributed by atoms with Crippen LogP contribution in [0.4, 0.5) is 4.79 Å². The number of pyridine rings is 1. The van der Waals surface area contributed by atoms with Crippen LogP contribution in [0.15, 0.2) is 23.1 Å². The second kappa shape index (κ2) is 7.69. The molecule has 1 aromatic rings. The Balaban J connectivity index is 2.06. The summed E-state index contributed by atoms with van der Waals surface area (Å²) in [5, 5.41) is 0. The number of esters is 1. The van der Waals surface area contributed by atoms with Gasteiger partial charge in [-0.2, -0.15) is 0 Å². The van der Waals surface area contributed by atoms with E-state index in [-0.39, 0.29) is 23.8 Å². The third-order valence-corrected chi connectivity index (χ3v) is 3.60. The van der Waals surface area contributed by atoms with Gasteiger partial charge in [0.05, 0.1) is 38.5 Å². The number of carbonyl (C=O) groups is 2. The van der Waals surface area contributed by atoms with Gasteiger partial charge in [-0.05, 0) is 26.8 Å². The maximum Gasteiger partial charge on any atom is 0.410 e. The minimum absolute atomic E-state index is 0.225. The number of morpholine rings is 1. The lowest BCUT2D eigenvalue weighted by molar-refractivity contribution is -0.0476. The second-order valence-electron chi connectivity index (χ2n) is 6.82. The first-order chi connectivity index (χ1) is 11.7. The molecule has 1 saturated heterocycles. The summed E-state index contributed by atoms with van der Waals surface area (Å²) in [6, 6.07) is 2.72. The van der Waals surface area contributed by atoms with Crippen molar-refractivity contribution >= 4 is 12.1 Å². The summed E-state index contributed by atoms with van der Waals surface area (Å²) in [6.07, 6.45) is 0.660. The molecule has 1 amide bonds. The van der Waals surface area contributed by atoms with Crippen molar-refractivity contribution in [3.63, 3.8) is 0 Å². The molecule has 138 valence electrons. The van der Waals surface area contributed by atoms with Crippen molar-refractivity contribution in [1.29, 1.82) is 0 Å². The van der Waals surface area contributed by atoms with Gasteiger partial charge in [-0.3, -0.25) is 4.79 Å². The van der Waals surface area contributed by atoms with Gasteiger partial charge in [0.25, 0.3) is 5.56 Å². The van der Waals surface area contributed by atoms with Crippen LogP contribution in [0, 0.1) is 0 Å². The van der Waals surface area contributed by atoms with E-state index < -0.39 is 17.7 Å². The zero-order valence-corrected chi connectivity index (χ0v) is 15.0. The lowest BCUT2D eigenvalue weighted by Crippen LogP contribution is -2.49. The van der Waals surface area contributed by atoms with Gasteiger partial charge >= 0.3 is 12.1 Å². The highest BCUT2D eigenvalue weighted by molar-refractivity contribution is 5.88. The summed E-state index contributed by atoms with van der Waals surface area (Å²) in [7, 11) is 1.28. The standard InChI is InChI=1S/C17H24N2O6/c1-17(2,3)25-16(22)18-7-8-24-13(10-18)11-19-9-12(15(21)23-4)5-6-14(19)20/h5-6,9,13H,7-8,10-11H2,1-4H3/t13-/m0/s1. The molecule has 1 fully saturated rings. The Morgan fingerprint density at radius 2 is 2.04 bits per heavy atom. The molecule has 2 heterocycles. The van der Waals surface area contributed by atoms with Crippen LogP contribution < -0.4 is 5.56 Å². The fraction of sp³-hybridized carbons (Fsp3) is 0.588. The normalized spacial score (nSPS) is 17.9. The Labute approximate surface area is 146 Å². The number of methoxy groups -OCH3 is 1. The Bertz CT molecular complexity index is 691. The maximum atomic E-state index is 12.2. The van der Waals surface area contributed by atoms with E-state index in [0.717, 1.165) is 0 Å². The van der Waals surface area contributed by atoms with Gasteiger partial charge in [-0.25, -0.2) is 9.59 Å². The first-order valence-corrected chi connectivity index (χ1v) is 8.08. The molecule has 25 heavy (non-hydrogen) atoms. The number of rotatable bonds is 3. The van der Waals surface area contributed by atoms with Gasteiger partial charge in [0.2, 0.25) is 0 Å². The first-order valence-electron chi connectivity index (χ1n) is 8.08. The maximum absolute atomic E-state index is 12.2. The number of nitrogens with zero attached hydrogens (tertiary/aromatic N) is 2. The van der Waals surface area contributed by atoms with Gasteiger partial charge in [0, 0.05) is 18.8 Å². The molecule has 1 aliphatic heterocycles. The number of aromatic nitrogens is 1. The van der Waals surface area contributed by atoms with E-state index in [9.17, 15) is 14.4 Å². The van der Waals surface area contributed by atoms with Crippen LogP contribution in [0.2, 0.25) is 0 Å². The van der Waals surface area contributed by atoms with Crippen molar-refractivity contribution in [1.82, 2.24) is 9.47 Å². The number of hydrogen-bond donors (Lipinski definition) is 0. The van der Waals surface area contributed by atoms with Crippen LogP contribution >= 0.6 is 0 Å². The van der Waals surface area contributed by atoms with E-state index >= 15 is 0 Å². The molecule has 0 saturated carbocycles.